The molecule has 0 aliphatic heterocycles. The van der Waals surface area contributed by atoms with Gasteiger partial charge in [-0.15, -0.1) is 11.8 Å². The summed E-state index contributed by atoms with van der Waals surface area (Å²) in [5.41, 5.74) is 12.8. The first-order valence-electron chi connectivity index (χ1n) is 7.82. The van der Waals surface area contributed by atoms with Crippen LogP contribution in [0.5, 0.6) is 0 Å². The number of nitrogens with zero attached hydrogens (tertiary/aromatic N) is 1. The maximum Gasteiger partial charge on any atom is 0.234 e. The van der Waals surface area contributed by atoms with Gasteiger partial charge in [0.1, 0.15) is 0 Å². The lowest BCUT2D eigenvalue weighted by atomic mass is 9.96. The maximum atomic E-state index is 11.9. The number of hydrogen-bond acceptors (Lipinski definition) is 4. The predicted octanol–water partition coefficient (Wildman–Crippen LogP) is 3.98. The van der Waals surface area contributed by atoms with Crippen LogP contribution in [0.25, 0.3) is 11.1 Å². The van der Waals surface area contributed by atoms with E-state index in [9.17, 15) is 4.79 Å². The summed E-state index contributed by atoms with van der Waals surface area (Å²) in [5, 5.41) is 2.89. The number of rotatable bonds is 6. The van der Waals surface area contributed by atoms with E-state index in [2.05, 4.69) is 42.4 Å². The minimum absolute atomic E-state index is 0.0593. The SMILES string of the molecule is Cc1cccc(C)c1-c1ccc(NC(=O)CSC=NC(C)N)cc1. The molecule has 4 nitrogen and oxygen atoms in total. The molecule has 1 atom stereocenters. The van der Waals surface area contributed by atoms with Crippen molar-refractivity contribution in [1.82, 2.24) is 0 Å². The van der Waals surface area contributed by atoms with Crippen LogP contribution in [0.1, 0.15) is 18.1 Å². The van der Waals surface area contributed by atoms with Gasteiger partial charge in [0.05, 0.1) is 17.5 Å². The van der Waals surface area contributed by atoms with E-state index in [-0.39, 0.29) is 12.1 Å². The molecule has 0 aliphatic carbocycles. The summed E-state index contributed by atoms with van der Waals surface area (Å²) >= 11 is 1.33. The van der Waals surface area contributed by atoms with Gasteiger partial charge in [-0.3, -0.25) is 9.79 Å². The minimum Gasteiger partial charge on any atom is -0.325 e. The van der Waals surface area contributed by atoms with Crippen molar-refractivity contribution in [2.75, 3.05) is 11.1 Å². The van der Waals surface area contributed by atoms with Crippen LogP contribution in [0.15, 0.2) is 47.5 Å². The Morgan fingerprint density at radius 3 is 2.42 bits per heavy atom. The first-order valence-corrected chi connectivity index (χ1v) is 8.87. The van der Waals surface area contributed by atoms with Crippen molar-refractivity contribution in [3.05, 3.63) is 53.6 Å². The van der Waals surface area contributed by atoms with Gasteiger partial charge in [0.2, 0.25) is 5.91 Å². The molecule has 0 saturated heterocycles. The van der Waals surface area contributed by atoms with Crippen molar-refractivity contribution in [3.63, 3.8) is 0 Å². The molecule has 3 N–H and O–H groups in total. The molecular weight excluding hydrogens is 318 g/mol. The minimum atomic E-state index is -0.238. The van der Waals surface area contributed by atoms with Gasteiger partial charge < -0.3 is 11.1 Å². The lowest BCUT2D eigenvalue weighted by molar-refractivity contribution is -0.113. The van der Waals surface area contributed by atoms with E-state index in [4.69, 9.17) is 5.73 Å². The number of benzene rings is 2. The van der Waals surface area contributed by atoms with Gasteiger partial charge in [-0.05, 0) is 55.2 Å². The molecule has 2 aromatic carbocycles. The Morgan fingerprint density at radius 2 is 1.83 bits per heavy atom. The highest BCUT2D eigenvalue weighted by molar-refractivity contribution is 8.12. The van der Waals surface area contributed by atoms with Gasteiger partial charge in [0, 0.05) is 5.69 Å². The van der Waals surface area contributed by atoms with E-state index >= 15 is 0 Å². The second-order valence-corrected chi connectivity index (χ2v) is 6.53. The zero-order valence-corrected chi connectivity index (χ0v) is 15.1. The normalized spacial score (nSPS) is 12.3. The second kappa shape index (κ2) is 8.66. The fourth-order valence-electron chi connectivity index (χ4n) is 2.44. The summed E-state index contributed by atoms with van der Waals surface area (Å²) in [7, 11) is 0. The number of aryl methyl sites for hydroxylation is 2. The fraction of sp³-hybridized carbons (Fsp3) is 0.263. The van der Waals surface area contributed by atoms with Gasteiger partial charge >= 0.3 is 0 Å². The molecule has 0 heterocycles. The molecule has 2 rings (SSSR count). The highest BCUT2D eigenvalue weighted by Crippen LogP contribution is 2.28. The van der Waals surface area contributed by atoms with Crippen molar-refractivity contribution in [2.45, 2.75) is 26.9 Å². The van der Waals surface area contributed by atoms with Crippen LogP contribution in [0, 0.1) is 13.8 Å². The Labute approximate surface area is 147 Å². The van der Waals surface area contributed by atoms with Gasteiger partial charge in [0.25, 0.3) is 0 Å². The predicted molar refractivity (Wildman–Crippen MR) is 105 cm³/mol. The molecule has 0 bridgehead atoms. The maximum absolute atomic E-state index is 11.9. The summed E-state index contributed by atoms with van der Waals surface area (Å²) in [6, 6.07) is 14.2. The van der Waals surface area contributed by atoms with E-state index in [0.717, 1.165) is 11.3 Å². The first-order chi connectivity index (χ1) is 11.5. The number of hydrogen-bond donors (Lipinski definition) is 2. The lowest BCUT2D eigenvalue weighted by Gasteiger charge is -2.11. The standard InChI is InChI=1S/C19H23N3OS/c1-13-5-4-6-14(2)19(13)16-7-9-17(10-8-16)22-18(23)11-24-12-21-15(3)20/h4-10,12,15H,11,20H2,1-3H3,(H,22,23). The van der Waals surface area contributed by atoms with Gasteiger partial charge in [-0.25, -0.2) is 0 Å². The van der Waals surface area contributed by atoms with Crippen LogP contribution < -0.4 is 11.1 Å². The quantitative estimate of drug-likeness (QED) is 0.617. The monoisotopic (exact) mass is 341 g/mol. The molecule has 2 aromatic rings. The fourth-order valence-corrected chi connectivity index (χ4v) is 3.02. The number of amides is 1. The van der Waals surface area contributed by atoms with Crippen LogP contribution in [0.2, 0.25) is 0 Å². The number of thioether (sulfide) groups is 1. The summed E-state index contributed by atoms with van der Waals surface area (Å²) in [4.78, 5) is 15.9. The third-order valence-electron chi connectivity index (χ3n) is 3.52. The van der Waals surface area contributed by atoms with Crippen molar-refractivity contribution in [1.29, 1.82) is 0 Å². The topological polar surface area (TPSA) is 67.5 Å². The number of carbonyl (C=O) groups is 1. The molecule has 0 saturated carbocycles. The molecule has 5 heteroatoms. The van der Waals surface area contributed by atoms with Crippen molar-refractivity contribution in [2.24, 2.45) is 10.7 Å². The Kier molecular flexibility index (Phi) is 6.58. The van der Waals surface area contributed by atoms with Crippen molar-refractivity contribution >= 4 is 28.9 Å². The molecule has 0 fully saturated rings. The summed E-state index contributed by atoms with van der Waals surface area (Å²) in [6.07, 6.45) is -0.238. The molecule has 0 radical (unpaired) electrons. The van der Waals surface area contributed by atoms with Gasteiger partial charge in [-0.1, -0.05) is 30.3 Å². The van der Waals surface area contributed by atoms with E-state index in [1.165, 1.54) is 28.5 Å². The first kappa shape index (κ1) is 18.2. The zero-order chi connectivity index (χ0) is 17.5. The number of carbonyl (C=O) groups excluding carboxylic acids is 1. The number of nitrogens with two attached hydrogens (primary N) is 1. The number of nitrogens with one attached hydrogen (secondary N) is 1. The third kappa shape index (κ3) is 5.22. The van der Waals surface area contributed by atoms with Gasteiger partial charge in [0.15, 0.2) is 0 Å². The van der Waals surface area contributed by atoms with E-state index in [1.54, 1.807) is 12.5 Å². The third-order valence-corrected chi connectivity index (χ3v) is 4.22. The van der Waals surface area contributed by atoms with E-state index in [0.29, 0.717) is 5.75 Å². The van der Waals surface area contributed by atoms with Crippen LogP contribution >= 0.6 is 11.8 Å². The van der Waals surface area contributed by atoms with Crippen LogP contribution in [-0.4, -0.2) is 23.4 Å². The van der Waals surface area contributed by atoms with Gasteiger partial charge in [-0.2, -0.15) is 0 Å². The molecule has 0 spiro atoms. The van der Waals surface area contributed by atoms with Crippen molar-refractivity contribution in [3.8, 4) is 11.1 Å². The molecule has 0 aliphatic rings. The summed E-state index contributed by atoms with van der Waals surface area (Å²) in [6.45, 7) is 6.01. The molecule has 126 valence electrons. The lowest BCUT2D eigenvalue weighted by Crippen LogP contribution is -2.14. The Balaban J connectivity index is 1.98. The number of aliphatic imine (C=N–C) groups is 1. The smallest absolute Gasteiger partial charge is 0.234 e. The Morgan fingerprint density at radius 1 is 1.21 bits per heavy atom. The molecule has 1 amide bonds. The Hall–Kier alpha value is -2.11. The molecular formula is C19H23N3OS. The second-order valence-electron chi connectivity index (χ2n) is 5.70. The van der Waals surface area contributed by atoms with E-state index in [1.807, 2.05) is 24.3 Å². The average Bonchev–Trinajstić information content (AvgIpc) is 2.53. The summed E-state index contributed by atoms with van der Waals surface area (Å²) < 4.78 is 0. The molecule has 1 unspecified atom stereocenters. The van der Waals surface area contributed by atoms with Crippen LogP contribution in [0.4, 0.5) is 5.69 Å². The Bertz CT molecular complexity index is 704. The summed E-state index contributed by atoms with van der Waals surface area (Å²) in [5.74, 6) is 0.255. The highest BCUT2D eigenvalue weighted by Gasteiger charge is 2.06. The zero-order valence-electron chi connectivity index (χ0n) is 14.2. The molecule has 24 heavy (non-hydrogen) atoms. The van der Waals surface area contributed by atoms with Crippen LogP contribution in [-0.2, 0) is 4.79 Å². The largest absolute Gasteiger partial charge is 0.325 e. The molecule has 0 aromatic heterocycles. The average molecular weight is 341 g/mol. The number of anilines is 1. The van der Waals surface area contributed by atoms with E-state index < -0.39 is 0 Å². The van der Waals surface area contributed by atoms with Crippen molar-refractivity contribution < 1.29 is 4.79 Å². The highest BCUT2D eigenvalue weighted by atomic mass is 32.2. The van der Waals surface area contributed by atoms with Crippen LogP contribution in [0.3, 0.4) is 0 Å².